The molecule has 2 aliphatic heterocycles. The molecule has 2 N–H and O–H groups in total. The van der Waals surface area contributed by atoms with Crippen LogP contribution in [0.15, 0.2) is 17.0 Å². The fraction of sp³-hybridized carbons (Fsp3) is 0.571. The number of aryl methyl sites for hydroxylation is 1. The first-order valence-electron chi connectivity index (χ1n) is 7.10. The van der Waals surface area contributed by atoms with E-state index >= 15 is 0 Å². The zero-order valence-electron chi connectivity index (χ0n) is 12.6. The molecule has 1 aromatic carbocycles. The third kappa shape index (κ3) is 3.32. The smallest absolute Gasteiger partial charge is 0.241 e. The van der Waals surface area contributed by atoms with Crippen molar-refractivity contribution in [3.8, 4) is 11.5 Å². The predicted molar refractivity (Wildman–Crippen MR) is 85.3 cm³/mol. The molecular weight excluding hydrogens is 328 g/mol. The second-order valence-corrected chi connectivity index (χ2v) is 7.35. The van der Waals surface area contributed by atoms with Gasteiger partial charge >= 0.3 is 0 Å². The average molecular weight is 349 g/mol. The minimum absolute atomic E-state index is 0. The molecule has 124 valence electrons. The topological polar surface area (TPSA) is 76.7 Å². The van der Waals surface area contributed by atoms with Crippen molar-refractivity contribution in [2.45, 2.75) is 31.2 Å². The Labute approximate surface area is 137 Å². The molecule has 0 spiro atoms. The van der Waals surface area contributed by atoms with Crippen LogP contribution in [0.4, 0.5) is 0 Å². The lowest BCUT2D eigenvalue weighted by atomic mass is 9.96. The van der Waals surface area contributed by atoms with E-state index < -0.39 is 10.0 Å². The molecule has 1 aromatic rings. The molecule has 2 aliphatic rings. The summed E-state index contributed by atoms with van der Waals surface area (Å²) in [6.07, 6.45) is 0.966. The molecular formula is C14H21ClN2O4S. The molecule has 2 unspecified atom stereocenters. The average Bonchev–Trinajstić information content (AvgIpc) is 2.87. The lowest BCUT2D eigenvalue weighted by Crippen LogP contribution is -2.50. The van der Waals surface area contributed by atoms with Gasteiger partial charge in [0.2, 0.25) is 16.8 Å². The van der Waals surface area contributed by atoms with Crippen molar-refractivity contribution in [2.75, 3.05) is 19.9 Å². The summed E-state index contributed by atoms with van der Waals surface area (Å²) in [6.45, 7) is 5.56. The minimum Gasteiger partial charge on any atom is -0.454 e. The van der Waals surface area contributed by atoms with Crippen LogP contribution in [0.5, 0.6) is 11.5 Å². The molecule has 3 rings (SSSR count). The zero-order chi connectivity index (χ0) is 15.0. The molecule has 0 aliphatic carbocycles. The highest BCUT2D eigenvalue weighted by Gasteiger charge is 2.29. The van der Waals surface area contributed by atoms with Gasteiger partial charge < -0.3 is 14.8 Å². The van der Waals surface area contributed by atoms with Gasteiger partial charge in [0.25, 0.3) is 0 Å². The van der Waals surface area contributed by atoms with Gasteiger partial charge in [-0.2, -0.15) is 0 Å². The predicted octanol–water partition coefficient (Wildman–Crippen LogP) is 1.42. The first kappa shape index (κ1) is 17.3. The number of rotatable bonds is 3. The summed E-state index contributed by atoms with van der Waals surface area (Å²) in [7, 11) is -3.57. The van der Waals surface area contributed by atoms with Gasteiger partial charge in [0.15, 0.2) is 11.5 Å². The molecule has 2 heterocycles. The summed E-state index contributed by atoms with van der Waals surface area (Å²) >= 11 is 0. The molecule has 6 nitrogen and oxygen atoms in total. The van der Waals surface area contributed by atoms with Crippen LogP contribution in [-0.4, -0.2) is 34.3 Å². The number of hydrogen-bond acceptors (Lipinski definition) is 5. The third-order valence-electron chi connectivity index (χ3n) is 4.09. The van der Waals surface area contributed by atoms with Crippen molar-refractivity contribution in [1.82, 2.24) is 10.0 Å². The van der Waals surface area contributed by atoms with E-state index in [1.165, 1.54) is 0 Å². The van der Waals surface area contributed by atoms with Crippen molar-refractivity contribution in [2.24, 2.45) is 5.92 Å². The van der Waals surface area contributed by atoms with Crippen LogP contribution in [0.1, 0.15) is 18.9 Å². The van der Waals surface area contributed by atoms with Gasteiger partial charge in [-0.05, 0) is 37.4 Å². The second-order valence-electron chi connectivity index (χ2n) is 5.67. The normalized spacial score (nSPS) is 23.9. The van der Waals surface area contributed by atoms with Gasteiger partial charge in [-0.1, -0.05) is 6.92 Å². The summed E-state index contributed by atoms with van der Waals surface area (Å²) in [5, 5.41) is 3.22. The molecule has 0 bridgehead atoms. The van der Waals surface area contributed by atoms with E-state index in [0.29, 0.717) is 29.5 Å². The highest BCUT2D eigenvalue weighted by Crippen LogP contribution is 2.36. The summed E-state index contributed by atoms with van der Waals surface area (Å²) in [5.41, 5.74) is 0.656. The fourth-order valence-electron chi connectivity index (χ4n) is 2.72. The van der Waals surface area contributed by atoms with Crippen molar-refractivity contribution in [3.63, 3.8) is 0 Å². The number of sulfonamides is 1. The standard InChI is InChI=1S/C14H20N2O4S.ClH/c1-9-3-4-15-7-11(9)16-21(17,18)14-6-13-12(5-10(14)2)19-8-20-13;/h5-6,9,11,15-16H,3-4,7-8H2,1-2H3;1H. The summed E-state index contributed by atoms with van der Waals surface area (Å²) in [4.78, 5) is 0.254. The molecule has 22 heavy (non-hydrogen) atoms. The van der Waals surface area contributed by atoms with Gasteiger partial charge in [-0.3, -0.25) is 0 Å². The Morgan fingerprint density at radius 3 is 2.64 bits per heavy atom. The van der Waals surface area contributed by atoms with Crippen LogP contribution in [0.2, 0.25) is 0 Å². The van der Waals surface area contributed by atoms with E-state index in [1.807, 2.05) is 0 Å². The summed E-state index contributed by atoms with van der Waals surface area (Å²) in [5.74, 6) is 1.39. The van der Waals surface area contributed by atoms with Gasteiger partial charge in [0.1, 0.15) is 0 Å². The molecule has 0 radical (unpaired) electrons. The van der Waals surface area contributed by atoms with Crippen molar-refractivity contribution in [1.29, 1.82) is 0 Å². The molecule has 1 fully saturated rings. The lowest BCUT2D eigenvalue weighted by Gasteiger charge is -2.30. The molecule has 2 atom stereocenters. The number of fused-ring (bicyclic) bond motifs is 1. The van der Waals surface area contributed by atoms with E-state index in [2.05, 4.69) is 17.0 Å². The fourth-order valence-corrected chi connectivity index (χ4v) is 4.31. The molecule has 8 heteroatoms. The Hall–Kier alpha value is -1.02. The molecule has 0 saturated carbocycles. The Morgan fingerprint density at radius 1 is 1.27 bits per heavy atom. The van der Waals surface area contributed by atoms with E-state index in [-0.39, 0.29) is 30.1 Å². The highest BCUT2D eigenvalue weighted by molar-refractivity contribution is 7.89. The van der Waals surface area contributed by atoms with Gasteiger partial charge in [0.05, 0.1) is 4.90 Å². The first-order chi connectivity index (χ1) is 9.97. The van der Waals surface area contributed by atoms with Crippen LogP contribution >= 0.6 is 12.4 Å². The SMILES string of the molecule is Cc1cc2c(cc1S(=O)(=O)NC1CNCCC1C)OCO2.Cl. The Morgan fingerprint density at radius 2 is 1.95 bits per heavy atom. The van der Waals surface area contributed by atoms with Crippen LogP contribution < -0.4 is 19.5 Å². The summed E-state index contributed by atoms with van der Waals surface area (Å²) < 4.78 is 38.6. The van der Waals surface area contributed by atoms with E-state index in [1.54, 1.807) is 19.1 Å². The summed E-state index contributed by atoms with van der Waals surface area (Å²) in [6, 6.07) is 3.16. The molecule has 0 aromatic heterocycles. The number of piperidine rings is 1. The van der Waals surface area contributed by atoms with Crippen molar-refractivity contribution in [3.05, 3.63) is 17.7 Å². The monoisotopic (exact) mass is 348 g/mol. The zero-order valence-corrected chi connectivity index (χ0v) is 14.2. The van der Waals surface area contributed by atoms with Crippen LogP contribution in [0.25, 0.3) is 0 Å². The van der Waals surface area contributed by atoms with Gasteiger partial charge in [-0.15, -0.1) is 12.4 Å². The number of hydrogen-bond donors (Lipinski definition) is 2. The third-order valence-corrected chi connectivity index (χ3v) is 5.73. The largest absolute Gasteiger partial charge is 0.454 e. The van der Waals surface area contributed by atoms with E-state index in [4.69, 9.17) is 9.47 Å². The van der Waals surface area contributed by atoms with Crippen molar-refractivity contribution < 1.29 is 17.9 Å². The Bertz CT molecular complexity index is 650. The van der Waals surface area contributed by atoms with Gasteiger partial charge in [-0.25, -0.2) is 13.1 Å². The Balaban J connectivity index is 0.00000176. The maximum Gasteiger partial charge on any atom is 0.241 e. The molecule has 0 amide bonds. The maximum atomic E-state index is 12.6. The number of benzene rings is 1. The number of ether oxygens (including phenoxy) is 2. The minimum atomic E-state index is -3.57. The number of nitrogens with one attached hydrogen (secondary N) is 2. The van der Waals surface area contributed by atoms with E-state index in [0.717, 1.165) is 13.0 Å². The Kier molecular flexibility index (Phi) is 5.21. The molecule has 1 saturated heterocycles. The quantitative estimate of drug-likeness (QED) is 0.864. The van der Waals surface area contributed by atoms with Crippen molar-refractivity contribution >= 4 is 22.4 Å². The lowest BCUT2D eigenvalue weighted by molar-refractivity contribution is 0.174. The van der Waals surface area contributed by atoms with Crippen LogP contribution in [0.3, 0.4) is 0 Å². The first-order valence-corrected chi connectivity index (χ1v) is 8.59. The van der Waals surface area contributed by atoms with Crippen LogP contribution in [-0.2, 0) is 10.0 Å². The second kappa shape index (κ2) is 6.62. The maximum absolute atomic E-state index is 12.6. The van der Waals surface area contributed by atoms with Crippen LogP contribution in [0, 0.1) is 12.8 Å². The van der Waals surface area contributed by atoms with Gasteiger partial charge in [0, 0.05) is 18.7 Å². The van der Waals surface area contributed by atoms with E-state index in [9.17, 15) is 8.42 Å². The highest BCUT2D eigenvalue weighted by atomic mass is 35.5. The number of halogens is 1.